The maximum absolute atomic E-state index is 13.7. The minimum atomic E-state index is -1.11. The Labute approximate surface area is 162 Å². The molecule has 8 heteroatoms. The molecule has 2 fully saturated rings. The third-order valence-electron chi connectivity index (χ3n) is 6.09. The molecule has 7 nitrogen and oxygen atoms in total. The first-order valence-electron chi connectivity index (χ1n) is 9.43. The van der Waals surface area contributed by atoms with Crippen LogP contribution in [-0.4, -0.2) is 61.5 Å². The quantitative estimate of drug-likeness (QED) is 0.861. The summed E-state index contributed by atoms with van der Waals surface area (Å²) in [4.78, 5) is 16.4. The van der Waals surface area contributed by atoms with E-state index in [1.165, 1.54) is 25.3 Å². The van der Waals surface area contributed by atoms with Crippen LogP contribution in [0.4, 0.5) is 10.2 Å². The van der Waals surface area contributed by atoms with Crippen molar-refractivity contribution < 1.29 is 23.6 Å². The van der Waals surface area contributed by atoms with Gasteiger partial charge in [0.2, 0.25) is 0 Å². The first kappa shape index (κ1) is 18.7. The monoisotopic (exact) mass is 389 g/mol. The van der Waals surface area contributed by atoms with Crippen LogP contribution in [0.25, 0.3) is 11.3 Å². The van der Waals surface area contributed by atoms with E-state index in [2.05, 4.69) is 17.1 Å². The number of carboxylic acid groups (broad SMARTS) is 1. The second-order valence-corrected chi connectivity index (χ2v) is 7.84. The first-order valence-corrected chi connectivity index (χ1v) is 9.43. The molecule has 4 rings (SSSR count). The summed E-state index contributed by atoms with van der Waals surface area (Å²) in [5.74, 6) is -1.14. The van der Waals surface area contributed by atoms with E-state index in [1.807, 2.05) is 4.90 Å². The number of aromatic carboxylic acids is 1. The molecular formula is C20H24FN3O4. The molecule has 2 aliphatic heterocycles. The highest BCUT2D eigenvalue weighted by Crippen LogP contribution is 2.43. The maximum Gasteiger partial charge on any atom is 0.343 e. The van der Waals surface area contributed by atoms with Gasteiger partial charge >= 0.3 is 5.97 Å². The van der Waals surface area contributed by atoms with Crippen LogP contribution < -0.4 is 9.64 Å². The first-order chi connectivity index (χ1) is 13.4. The van der Waals surface area contributed by atoms with Crippen LogP contribution in [0, 0.1) is 11.2 Å². The van der Waals surface area contributed by atoms with Crippen molar-refractivity contribution in [2.24, 2.45) is 5.41 Å². The Morgan fingerprint density at radius 2 is 2.00 bits per heavy atom. The fourth-order valence-corrected chi connectivity index (χ4v) is 4.31. The Morgan fingerprint density at radius 3 is 2.68 bits per heavy atom. The van der Waals surface area contributed by atoms with Gasteiger partial charge in [-0.05, 0) is 63.0 Å². The number of ether oxygens (including phenoxy) is 1. The molecule has 1 aromatic carbocycles. The van der Waals surface area contributed by atoms with Gasteiger partial charge in [0.25, 0.3) is 0 Å². The number of anilines is 1. The van der Waals surface area contributed by atoms with E-state index in [9.17, 15) is 14.3 Å². The fourth-order valence-electron chi connectivity index (χ4n) is 4.31. The Morgan fingerprint density at radius 1 is 1.29 bits per heavy atom. The number of carboxylic acids is 1. The molecule has 2 saturated heterocycles. The highest BCUT2D eigenvalue weighted by molar-refractivity contribution is 5.99. The molecule has 1 spiro atoms. The molecule has 2 aliphatic rings. The van der Waals surface area contributed by atoms with Crippen LogP contribution in [0.3, 0.4) is 0 Å². The molecule has 1 N–H and O–H groups in total. The molecule has 0 atom stereocenters. The Kier molecular flexibility index (Phi) is 4.74. The van der Waals surface area contributed by atoms with Gasteiger partial charge in [-0.15, -0.1) is 0 Å². The van der Waals surface area contributed by atoms with E-state index < -0.39 is 11.8 Å². The molecule has 150 valence electrons. The minimum Gasteiger partial charge on any atom is -0.494 e. The van der Waals surface area contributed by atoms with Gasteiger partial charge in [0, 0.05) is 18.7 Å². The summed E-state index contributed by atoms with van der Waals surface area (Å²) in [6.07, 6.45) is 3.22. The van der Waals surface area contributed by atoms with E-state index in [1.54, 1.807) is 0 Å². The van der Waals surface area contributed by atoms with E-state index in [0.29, 0.717) is 11.4 Å². The number of likely N-dealkylation sites (tertiary alicyclic amines) is 1. The molecule has 3 heterocycles. The van der Waals surface area contributed by atoms with Crippen LogP contribution in [-0.2, 0) is 0 Å². The van der Waals surface area contributed by atoms with Gasteiger partial charge in [-0.1, -0.05) is 5.16 Å². The van der Waals surface area contributed by atoms with Crippen molar-refractivity contribution in [3.05, 3.63) is 29.6 Å². The predicted molar refractivity (Wildman–Crippen MR) is 101 cm³/mol. The standard InChI is InChI=1S/C20H24FN3O4/c1-23-8-5-20(6-9-23)7-10-24(12-20)18-16(19(25)26)17(28-22-18)13-3-4-14(21)15(11-13)27-2/h3-4,11H,5-10,12H2,1-2H3,(H,25,26). The molecule has 0 unspecified atom stereocenters. The van der Waals surface area contributed by atoms with Crippen molar-refractivity contribution in [1.29, 1.82) is 0 Å². The number of carbonyl (C=O) groups is 1. The Balaban J connectivity index is 1.66. The fraction of sp³-hybridized carbons (Fsp3) is 0.500. The maximum atomic E-state index is 13.7. The predicted octanol–water partition coefficient (Wildman–Crippen LogP) is 3.11. The molecule has 0 saturated carbocycles. The SMILES string of the molecule is COc1cc(-c2onc(N3CCC4(CCN(C)CC4)C3)c2C(=O)O)ccc1F. The number of aromatic nitrogens is 1. The average molecular weight is 389 g/mol. The molecule has 1 aromatic heterocycles. The zero-order chi connectivity index (χ0) is 19.9. The van der Waals surface area contributed by atoms with Gasteiger partial charge in [0.1, 0.15) is 0 Å². The second-order valence-electron chi connectivity index (χ2n) is 7.84. The summed E-state index contributed by atoms with van der Waals surface area (Å²) < 4.78 is 24.2. The largest absolute Gasteiger partial charge is 0.494 e. The van der Waals surface area contributed by atoms with Crippen molar-refractivity contribution in [3.8, 4) is 17.1 Å². The Bertz CT molecular complexity index is 890. The van der Waals surface area contributed by atoms with E-state index in [-0.39, 0.29) is 22.5 Å². The van der Waals surface area contributed by atoms with Gasteiger partial charge in [-0.25, -0.2) is 9.18 Å². The summed E-state index contributed by atoms with van der Waals surface area (Å²) in [5.41, 5.74) is 0.641. The number of hydrogen-bond donors (Lipinski definition) is 1. The third-order valence-corrected chi connectivity index (χ3v) is 6.09. The lowest BCUT2D eigenvalue weighted by Gasteiger charge is -2.37. The number of benzene rings is 1. The van der Waals surface area contributed by atoms with Crippen LogP contribution >= 0.6 is 0 Å². The summed E-state index contributed by atoms with van der Waals surface area (Å²) in [7, 11) is 3.49. The average Bonchev–Trinajstić information content (AvgIpc) is 3.30. The molecule has 2 aromatic rings. The van der Waals surface area contributed by atoms with Crippen LogP contribution in [0.15, 0.2) is 22.7 Å². The summed E-state index contributed by atoms with van der Waals surface area (Å²) >= 11 is 0. The van der Waals surface area contributed by atoms with Crippen molar-refractivity contribution in [2.75, 3.05) is 45.2 Å². The number of hydrogen-bond acceptors (Lipinski definition) is 6. The number of methoxy groups -OCH3 is 1. The van der Waals surface area contributed by atoms with Crippen LogP contribution in [0.5, 0.6) is 5.75 Å². The summed E-state index contributed by atoms with van der Waals surface area (Å²) in [6, 6.07) is 4.12. The van der Waals surface area contributed by atoms with Crippen LogP contribution in [0.1, 0.15) is 29.6 Å². The Hall–Kier alpha value is -2.61. The number of piperidine rings is 1. The van der Waals surface area contributed by atoms with Crippen molar-refractivity contribution in [1.82, 2.24) is 10.1 Å². The molecule has 0 aliphatic carbocycles. The lowest BCUT2D eigenvalue weighted by molar-refractivity contribution is 0.0697. The van der Waals surface area contributed by atoms with E-state index in [0.717, 1.165) is 45.4 Å². The third kappa shape index (κ3) is 3.22. The highest BCUT2D eigenvalue weighted by atomic mass is 19.1. The summed E-state index contributed by atoms with van der Waals surface area (Å²) in [6.45, 7) is 3.64. The van der Waals surface area contributed by atoms with E-state index >= 15 is 0 Å². The topological polar surface area (TPSA) is 79.0 Å². The number of nitrogens with zero attached hydrogens (tertiary/aromatic N) is 3. The lowest BCUT2D eigenvalue weighted by atomic mass is 9.78. The highest BCUT2D eigenvalue weighted by Gasteiger charge is 2.42. The zero-order valence-corrected chi connectivity index (χ0v) is 16.1. The number of halogens is 1. The zero-order valence-electron chi connectivity index (χ0n) is 16.1. The molecule has 0 bridgehead atoms. The molecule has 28 heavy (non-hydrogen) atoms. The van der Waals surface area contributed by atoms with Gasteiger partial charge in [-0.2, -0.15) is 0 Å². The summed E-state index contributed by atoms with van der Waals surface area (Å²) in [5, 5.41) is 13.9. The van der Waals surface area contributed by atoms with Gasteiger partial charge in [-0.3, -0.25) is 0 Å². The molecular weight excluding hydrogens is 365 g/mol. The molecule has 0 radical (unpaired) electrons. The van der Waals surface area contributed by atoms with Crippen molar-refractivity contribution in [3.63, 3.8) is 0 Å². The second kappa shape index (κ2) is 7.09. The van der Waals surface area contributed by atoms with E-state index in [4.69, 9.17) is 9.26 Å². The van der Waals surface area contributed by atoms with Gasteiger partial charge < -0.3 is 24.2 Å². The van der Waals surface area contributed by atoms with Crippen LogP contribution in [0.2, 0.25) is 0 Å². The number of rotatable bonds is 4. The normalized spacial score (nSPS) is 19.3. The lowest BCUT2D eigenvalue weighted by Crippen LogP contribution is -2.39. The minimum absolute atomic E-state index is 0.0126. The molecule has 0 amide bonds. The van der Waals surface area contributed by atoms with Crippen molar-refractivity contribution >= 4 is 11.8 Å². The van der Waals surface area contributed by atoms with Gasteiger partial charge in [0.05, 0.1) is 7.11 Å². The van der Waals surface area contributed by atoms with Gasteiger partial charge in [0.15, 0.2) is 28.7 Å². The van der Waals surface area contributed by atoms with Crippen molar-refractivity contribution in [2.45, 2.75) is 19.3 Å². The smallest absolute Gasteiger partial charge is 0.343 e.